The number of aromatic nitrogens is 1. The van der Waals surface area contributed by atoms with Gasteiger partial charge in [0.25, 0.3) is 0 Å². The molecule has 9 N–H and O–H groups in total. The van der Waals surface area contributed by atoms with Crippen LogP contribution in [0.25, 0.3) is 0 Å². The maximum Gasteiger partial charge on any atom is 0.161 e. The molecule has 274 valence electrons. The number of aromatic hydroxyl groups is 1. The highest BCUT2D eigenvalue weighted by atomic mass is 16.5. The lowest BCUT2D eigenvalue weighted by Crippen LogP contribution is -2.52. The molecule has 1 aromatic heterocycles. The number of rotatable bonds is 8. The summed E-state index contributed by atoms with van der Waals surface area (Å²) in [4.78, 5) is 3.31. The zero-order valence-corrected chi connectivity index (χ0v) is 29.6. The molecule has 12 unspecified atom stereocenters. The van der Waals surface area contributed by atoms with Gasteiger partial charge in [-0.25, -0.2) is 0 Å². The summed E-state index contributed by atoms with van der Waals surface area (Å²) in [5.74, 6) is 6.92. The molecule has 2 bridgehead atoms. The van der Waals surface area contributed by atoms with E-state index in [0.717, 1.165) is 55.4 Å². The van der Waals surface area contributed by atoms with Gasteiger partial charge in [0.05, 0.1) is 24.1 Å². The summed E-state index contributed by atoms with van der Waals surface area (Å²) in [6.45, 7) is 2.81. The number of aliphatic hydroxyl groups excluding tert-OH is 4. The molecule has 0 radical (unpaired) electrons. The van der Waals surface area contributed by atoms with E-state index in [1.165, 1.54) is 0 Å². The first-order chi connectivity index (χ1) is 24.6. The van der Waals surface area contributed by atoms with Crippen LogP contribution in [0.3, 0.4) is 0 Å². The average molecular weight is 698 g/mol. The van der Waals surface area contributed by atoms with E-state index in [0.29, 0.717) is 38.0 Å². The molecule has 51 heavy (non-hydrogen) atoms. The van der Waals surface area contributed by atoms with Crippen LogP contribution in [0.15, 0.2) is 72.2 Å². The fourth-order valence-corrected chi connectivity index (χ4v) is 9.68. The van der Waals surface area contributed by atoms with Crippen molar-refractivity contribution in [3.8, 4) is 23.3 Å². The Morgan fingerprint density at radius 1 is 1.02 bits per heavy atom. The molecule has 9 nitrogen and oxygen atoms in total. The normalized spacial score (nSPS) is 37.0. The number of phenols is 1. The monoisotopic (exact) mass is 697 g/mol. The van der Waals surface area contributed by atoms with Crippen molar-refractivity contribution in [2.45, 2.75) is 108 Å². The third kappa shape index (κ3) is 7.48. The molecule has 9 heteroatoms. The molecule has 0 amide bonds. The summed E-state index contributed by atoms with van der Waals surface area (Å²) in [5.41, 5.74) is 9.11. The van der Waals surface area contributed by atoms with E-state index in [2.05, 4.69) is 47.3 Å². The van der Waals surface area contributed by atoms with Gasteiger partial charge in [-0.2, -0.15) is 0 Å². The smallest absolute Gasteiger partial charge is 0.161 e. The summed E-state index contributed by atoms with van der Waals surface area (Å²) in [6, 6.07) is 9.23. The number of fused-ring (bicyclic) bond motifs is 4. The number of hydrogen-bond acceptors (Lipinski definition) is 8. The van der Waals surface area contributed by atoms with Crippen LogP contribution in [0.2, 0.25) is 0 Å². The molecule has 5 aliphatic rings. The summed E-state index contributed by atoms with van der Waals surface area (Å²) in [7, 11) is 0. The van der Waals surface area contributed by atoms with E-state index < -0.39 is 30.5 Å². The number of aliphatic hydroxyl groups is 4. The van der Waals surface area contributed by atoms with Crippen LogP contribution < -0.4 is 15.8 Å². The lowest BCUT2D eigenvalue weighted by atomic mass is 9.70. The van der Waals surface area contributed by atoms with Crippen LogP contribution in [-0.4, -0.2) is 67.6 Å². The van der Waals surface area contributed by atoms with Crippen molar-refractivity contribution in [2.24, 2.45) is 40.7 Å². The second kappa shape index (κ2) is 15.1. The number of hydrogen-bond donors (Lipinski definition) is 8. The van der Waals surface area contributed by atoms with E-state index in [-0.39, 0.29) is 52.4 Å². The van der Waals surface area contributed by atoms with Crippen LogP contribution >= 0.6 is 0 Å². The van der Waals surface area contributed by atoms with E-state index in [4.69, 9.17) is 10.5 Å². The number of dihydropyridines is 1. The van der Waals surface area contributed by atoms with E-state index in [1.807, 2.05) is 30.5 Å². The van der Waals surface area contributed by atoms with Gasteiger partial charge in [0.2, 0.25) is 0 Å². The molecule has 0 spiro atoms. The van der Waals surface area contributed by atoms with Gasteiger partial charge in [-0.15, -0.1) is 0 Å². The van der Waals surface area contributed by atoms with Crippen LogP contribution in [0.5, 0.6) is 11.5 Å². The fourth-order valence-electron chi connectivity index (χ4n) is 9.68. The first-order valence-corrected chi connectivity index (χ1v) is 19.1. The molecule has 1 aliphatic heterocycles. The Hall–Kier alpha value is -3.68. The lowest BCUT2D eigenvalue weighted by Gasteiger charge is -2.42. The molecule has 1 aromatic carbocycles. The third-order valence-electron chi connectivity index (χ3n) is 12.8. The molecule has 2 fully saturated rings. The summed E-state index contributed by atoms with van der Waals surface area (Å²) in [5, 5.41) is 60.1. The van der Waals surface area contributed by atoms with Gasteiger partial charge in [-0.1, -0.05) is 49.5 Å². The zero-order valence-electron chi connectivity index (χ0n) is 29.6. The first kappa shape index (κ1) is 35.7. The highest BCUT2D eigenvalue weighted by molar-refractivity contribution is 5.45. The Morgan fingerprint density at radius 2 is 1.88 bits per heavy atom. The van der Waals surface area contributed by atoms with Crippen LogP contribution in [0, 0.1) is 46.8 Å². The van der Waals surface area contributed by atoms with Gasteiger partial charge < -0.3 is 46.3 Å². The molecule has 2 heterocycles. The molecule has 12 atom stereocenters. The van der Waals surface area contributed by atoms with Crippen molar-refractivity contribution < 1.29 is 30.3 Å². The molecule has 2 saturated carbocycles. The van der Waals surface area contributed by atoms with Gasteiger partial charge in [-0.3, -0.25) is 0 Å². The number of benzene rings is 1. The predicted molar refractivity (Wildman–Crippen MR) is 196 cm³/mol. The number of ether oxygens (including phenoxy) is 1. The average Bonchev–Trinajstić information content (AvgIpc) is 3.49. The Morgan fingerprint density at radius 3 is 2.67 bits per heavy atom. The van der Waals surface area contributed by atoms with E-state index in [1.54, 1.807) is 12.1 Å². The minimum Gasteiger partial charge on any atom is -0.504 e. The van der Waals surface area contributed by atoms with Gasteiger partial charge in [0.15, 0.2) is 11.5 Å². The minimum absolute atomic E-state index is 0.0278. The molecule has 7 rings (SSSR count). The molecule has 2 aromatic rings. The molecular weight excluding hydrogens is 642 g/mol. The number of allylic oxidation sites excluding steroid dienone is 4. The van der Waals surface area contributed by atoms with Crippen molar-refractivity contribution in [3.05, 3.63) is 83.5 Å². The summed E-state index contributed by atoms with van der Waals surface area (Å²) < 4.78 is 6.60. The number of H-pyrrole nitrogens is 1. The summed E-state index contributed by atoms with van der Waals surface area (Å²) in [6.07, 6.45) is 13.8. The summed E-state index contributed by atoms with van der Waals surface area (Å²) >= 11 is 0. The fraction of sp³-hybridized carbons (Fsp3) is 0.571. The van der Waals surface area contributed by atoms with Gasteiger partial charge >= 0.3 is 0 Å². The predicted octanol–water partition coefficient (Wildman–Crippen LogP) is 4.78. The van der Waals surface area contributed by atoms with E-state index >= 15 is 0 Å². The van der Waals surface area contributed by atoms with Gasteiger partial charge in [0, 0.05) is 47.5 Å². The van der Waals surface area contributed by atoms with Crippen molar-refractivity contribution in [1.29, 1.82) is 0 Å². The minimum atomic E-state index is -1.17. The SMILES string of the molecule is CCC12C#CC3C=CC(c4ccc(O)c(OC5C(O)C(O)CCC5C(Cc5ccc[nH]5)C5=CCNC(N)=C5)c4)CC(O)C3C(O)C(CCC1)CC2. The van der Waals surface area contributed by atoms with Crippen LogP contribution in [-0.2, 0) is 6.42 Å². The molecule has 4 aliphatic carbocycles. The Labute approximate surface area is 301 Å². The van der Waals surface area contributed by atoms with Crippen molar-refractivity contribution >= 4 is 0 Å². The van der Waals surface area contributed by atoms with Crippen molar-refractivity contribution in [3.63, 3.8) is 0 Å². The van der Waals surface area contributed by atoms with Gasteiger partial charge in [-0.05, 0) is 111 Å². The lowest BCUT2D eigenvalue weighted by molar-refractivity contribution is -0.108. The topological polar surface area (TPSA) is 164 Å². The van der Waals surface area contributed by atoms with Crippen LogP contribution in [0.4, 0.5) is 0 Å². The standard InChI is InChI=1S/C42H55N3O6/c1-2-42-16-3-5-26(14-18-42)39(49)38-25(13-17-42)7-8-27(21-35(38)48)28-9-11-33(46)36(22-28)51-41-31(10-12-34(47)40(41)50)32(24-30-6-4-19-44-30)29-15-20-45-37(43)23-29/h4,6-9,11,15,19,22-23,25-27,31-32,34-35,38-41,44-50H,2-3,5,10,12,14,16,18,20-21,24,43H2,1H3. The maximum absolute atomic E-state index is 11.8. The zero-order chi connectivity index (χ0) is 35.7. The number of nitrogens with one attached hydrogen (secondary N) is 2. The second-order valence-corrected chi connectivity index (χ2v) is 15.8. The highest BCUT2D eigenvalue weighted by Gasteiger charge is 2.45. The number of phenolic OH excluding ortho intramolecular Hbond substituents is 1. The Bertz CT molecular complexity index is 1670. The largest absolute Gasteiger partial charge is 0.504 e. The van der Waals surface area contributed by atoms with E-state index in [9.17, 15) is 25.5 Å². The quantitative estimate of drug-likeness (QED) is 0.144. The number of nitrogens with two attached hydrogens (primary N) is 1. The van der Waals surface area contributed by atoms with Crippen LogP contribution in [0.1, 0.15) is 81.9 Å². The van der Waals surface area contributed by atoms with Crippen molar-refractivity contribution in [2.75, 3.05) is 6.54 Å². The Balaban J connectivity index is 1.18. The first-order valence-electron chi connectivity index (χ1n) is 19.1. The third-order valence-corrected chi connectivity index (χ3v) is 12.8. The van der Waals surface area contributed by atoms with Gasteiger partial charge in [0.1, 0.15) is 12.2 Å². The maximum atomic E-state index is 11.8. The Kier molecular flexibility index (Phi) is 10.6. The molecule has 0 saturated heterocycles. The molecular formula is C42H55N3O6. The highest BCUT2D eigenvalue weighted by Crippen LogP contribution is 2.46. The number of aromatic amines is 1. The van der Waals surface area contributed by atoms with Crippen molar-refractivity contribution in [1.82, 2.24) is 10.3 Å². The second-order valence-electron chi connectivity index (χ2n) is 15.8.